The summed E-state index contributed by atoms with van der Waals surface area (Å²) in [5.74, 6) is 0.449. The molecule has 0 radical (unpaired) electrons. The fraction of sp³-hybridized carbons (Fsp3) is 0.417. The van der Waals surface area contributed by atoms with Crippen molar-refractivity contribution in [1.29, 1.82) is 0 Å². The zero-order valence-electron chi connectivity index (χ0n) is 18.7. The van der Waals surface area contributed by atoms with Crippen LogP contribution >= 0.6 is 0 Å². The molecular formula is C24H29F2N3O3S. The minimum Gasteiger partial charge on any atom is -0.488 e. The minimum absolute atomic E-state index is 0.0225. The second-order valence-corrected chi connectivity index (χ2v) is 10.7. The maximum Gasteiger partial charge on any atom is 0.272 e. The van der Waals surface area contributed by atoms with Gasteiger partial charge in [-0.3, -0.25) is 4.72 Å². The molecule has 0 aliphatic heterocycles. The molecule has 9 heteroatoms. The van der Waals surface area contributed by atoms with Gasteiger partial charge in [-0.1, -0.05) is 26.0 Å². The molecule has 1 aliphatic rings. The molecule has 3 N–H and O–H groups in total. The third-order valence-corrected chi connectivity index (χ3v) is 7.47. The lowest BCUT2D eigenvalue weighted by Gasteiger charge is -2.30. The molecule has 33 heavy (non-hydrogen) atoms. The van der Waals surface area contributed by atoms with E-state index in [4.69, 9.17) is 10.5 Å². The number of halogens is 2. The molecule has 0 unspecified atom stereocenters. The highest BCUT2D eigenvalue weighted by Crippen LogP contribution is 2.45. The Morgan fingerprint density at radius 2 is 1.85 bits per heavy atom. The lowest BCUT2D eigenvalue weighted by molar-refractivity contribution is 0.0819. The summed E-state index contributed by atoms with van der Waals surface area (Å²) >= 11 is 0. The molecule has 3 aromatic rings. The Labute approximate surface area is 192 Å². The number of rotatable bonds is 9. The molecule has 2 aromatic carbocycles. The highest BCUT2D eigenvalue weighted by atomic mass is 32.2. The largest absolute Gasteiger partial charge is 0.488 e. The van der Waals surface area contributed by atoms with Crippen molar-refractivity contribution in [3.63, 3.8) is 0 Å². The lowest BCUT2D eigenvalue weighted by Crippen LogP contribution is -2.20. The van der Waals surface area contributed by atoms with Gasteiger partial charge in [0, 0.05) is 28.7 Å². The summed E-state index contributed by atoms with van der Waals surface area (Å²) in [6, 6.07) is 12.6. The fourth-order valence-electron chi connectivity index (χ4n) is 4.24. The number of hydrogen-bond donors (Lipinski definition) is 2. The standard InChI is InChI=1S/C24H29F2N3O3S/c1-15(2)14-33(30,31)28-17-8-6-16(7-9-17)24-23(27)20-11-10-19(32-13-22(25)26)12-21(20)29(24)18-4-3-5-18/h6-12,15,18,22,28H,3-5,13-14,27H2,1-2H3. The summed E-state index contributed by atoms with van der Waals surface area (Å²) in [5.41, 5.74) is 10.2. The number of alkyl halides is 2. The number of benzene rings is 2. The summed E-state index contributed by atoms with van der Waals surface area (Å²) in [6.45, 7) is 3.05. The zero-order chi connectivity index (χ0) is 23.8. The maximum absolute atomic E-state index is 12.6. The predicted octanol–water partition coefficient (Wildman–Crippen LogP) is 5.66. The molecule has 0 atom stereocenters. The maximum atomic E-state index is 12.6. The van der Waals surface area contributed by atoms with Crippen LogP contribution in [0, 0.1) is 5.92 Å². The van der Waals surface area contributed by atoms with Crippen LogP contribution in [0.4, 0.5) is 20.2 Å². The third-order valence-electron chi connectivity index (χ3n) is 5.82. The molecule has 1 fully saturated rings. The Morgan fingerprint density at radius 3 is 2.42 bits per heavy atom. The second kappa shape index (κ2) is 9.21. The van der Waals surface area contributed by atoms with Gasteiger partial charge in [0.1, 0.15) is 12.4 Å². The highest BCUT2D eigenvalue weighted by molar-refractivity contribution is 7.92. The Hall–Kier alpha value is -2.81. The lowest BCUT2D eigenvalue weighted by atomic mass is 9.92. The van der Waals surface area contributed by atoms with Gasteiger partial charge in [-0.15, -0.1) is 0 Å². The molecule has 4 rings (SSSR count). The molecule has 0 spiro atoms. The number of aromatic nitrogens is 1. The van der Waals surface area contributed by atoms with E-state index in [1.165, 1.54) is 0 Å². The second-order valence-electron chi connectivity index (χ2n) is 8.95. The van der Waals surface area contributed by atoms with E-state index in [9.17, 15) is 17.2 Å². The SMILES string of the molecule is CC(C)CS(=O)(=O)Nc1ccc(-c2c(N)c3ccc(OCC(F)F)cc3n2C2CCC2)cc1. The van der Waals surface area contributed by atoms with Crippen LogP contribution in [-0.4, -0.2) is 31.8 Å². The van der Waals surface area contributed by atoms with Crippen LogP contribution in [-0.2, 0) is 10.0 Å². The first-order valence-corrected chi connectivity index (χ1v) is 12.7. The van der Waals surface area contributed by atoms with Crippen LogP contribution in [0.3, 0.4) is 0 Å². The number of fused-ring (bicyclic) bond motifs is 1. The number of nitrogen functional groups attached to an aromatic ring is 1. The average Bonchev–Trinajstić information content (AvgIpc) is 2.96. The van der Waals surface area contributed by atoms with Crippen LogP contribution in [0.1, 0.15) is 39.2 Å². The summed E-state index contributed by atoms with van der Waals surface area (Å²) in [6.07, 6.45) is 0.579. The first kappa shape index (κ1) is 23.4. The summed E-state index contributed by atoms with van der Waals surface area (Å²) in [7, 11) is -3.42. The van der Waals surface area contributed by atoms with Gasteiger partial charge in [0.2, 0.25) is 10.0 Å². The van der Waals surface area contributed by atoms with Crippen molar-refractivity contribution < 1.29 is 21.9 Å². The minimum atomic E-state index is -3.42. The molecule has 0 saturated heterocycles. The summed E-state index contributed by atoms with van der Waals surface area (Å²) in [5, 5.41) is 0.836. The first-order valence-electron chi connectivity index (χ1n) is 11.1. The molecule has 0 amide bonds. The van der Waals surface area contributed by atoms with Crippen LogP contribution in [0.25, 0.3) is 22.2 Å². The van der Waals surface area contributed by atoms with Crippen LogP contribution in [0.2, 0.25) is 0 Å². The van der Waals surface area contributed by atoms with Crippen molar-refractivity contribution in [2.45, 2.75) is 45.6 Å². The molecule has 0 bridgehead atoms. The number of ether oxygens (including phenoxy) is 1. The zero-order valence-corrected chi connectivity index (χ0v) is 19.5. The third kappa shape index (κ3) is 5.08. The Morgan fingerprint density at radius 1 is 1.15 bits per heavy atom. The van der Waals surface area contributed by atoms with Gasteiger partial charge in [0.05, 0.1) is 22.7 Å². The van der Waals surface area contributed by atoms with E-state index in [0.717, 1.165) is 41.4 Å². The quantitative estimate of drug-likeness (QED) is 0.417. The smallest absolute Gasteiger partial charge is 0.272 e. The summed E-state index contributed by atoms with van der Waals surface area (Å²) < 4.78 is 59.7. The summed E-state index contributed by atoms with van der Waals surface area (Å²) in [4.78, 5) is 0. The van der Waals surface area contributed by atoms with Crippen LogP contribution in [0.15, 0.2) is 42.5 Å². The normalized spacial score (nSPS) is 14.7. The average molecular weight is 478 g/mol. The fourth-order valence-corrected chi connectivity index (χ4v) is 5.70. The molecule has 1 heterocycles. The number of nitrogens with zero attached hydrogens (tertiary/aromatic N) is 1. The molecule has 1 aromatic heterocycles. The van der Waals surface area contributed by atoms with E-state index in [1.807, 2.05) is 26.0 Å². The van der Waals surface area contributed by atoms with E-state index in [2.05, 4.69) is 9.29 Å². The van der Waals surface area contributed by atoms with Gasteiger partial charge in [-0.2, -0.15) is 0 Å². The molecule has 178 valence electrons. The first-order chi connectivity index (χ1) is 15.6. The van der Waals surface area contributed by atoms with Crippen molar-refractivity contribution in [3.05, 3.63) is 42.5 Å². The van der Waals surface area contributed by atoms with E-state index >= 15 is 0 Å². The van der Waals surface area contributed by atoms with Gasteiger partial charge in [-0.05, 0) is 49.4 Å². The monoisotopic (exact) mass is 477 g/mol. The number of nitrogens with one attached hydrogen (secondary N) is 1. The number of anilines is 2. The molecule has 6 nitrogen and oxygen atoms in total. The Balaban J connectivity index is 1.71. The van der Waals surface area contributed by atoms with E-state index < -0.39 is 23.1 Å². The van der Waals surface area contributed by atoms with Crippen molar-refractivity contribution in [2.24, 2.45) is 5.92 Å². The highest BCUT2D eigenvalue weighted by Gasteiger charge is 2.27. The van der Waals surface area contributed by atoms with E-state index in [1.54, 1.807) is 30.3 Å². The van der Waals surface area contributed by atoms with Crippen molar-refractivity contribution in [2.75, 3.05) is 22.8 Å². The van der Waals surface area contributed by atoms with Gasteiger partial charge < -0.3 is 15.0 Å². The topological polar surface area (TPSA) is 86.3 Å². The van der Waals surface area contributed by atoms with E-state index in [0.29, 0.717) is 17.1 Å². The molecule has 1 aliphatic carbocycles. The van der Waals surface area contributed by atoms with Gasteiger partial charge in [-0.25, -0.2) is 17.2 Å². The molecule has 1 saturated carbocycles. The van der Waals surface area contributed by atoms with Crippen molar-refractivity contribution in [1.82, 2.24) is 4.57 Å². The number of sulfonamides is 1. The Kier molecular flexibility index (Phi) is 6.52. The van der Waals surface area contributed by atoms with E-state index in [-0.39, 0.29) is 17.7 Å². The number of hydrogen-bond acceptors (Lipinski definition) is 4. The van der Waals surface area contributed by atoms with Crippen LogP contribution < -0.4 is 15.2 Å². The van der Waals surface area contributed by atoms with Gasteiger partial charge in [0.15, 0.2) is 0 Å². The Bertz CT molecular complexity index is 1230. The van der Waals surface area contributed by atoms with Crippen LogP contribution in [0.5, 0.6) is 5.75 Å². The molecular weight excluding hydrogens is 448 g/mol. The van der Waals surface area contributed by atoms with Gasteiger partial charge >= 0.3 is 0 Å². The predicted molar refractivity (Wildman–Crippen MR) is 128 cm³/mol. The van der Waals surface area contributed by atoms with Crippen molar-refractivity contribution >= 4 is 32.3 Å². The number of nitrogens with two attached hydrogens (primary N) is 1. The van der Waals surface area contributed by atoms with Gasteiger partial charge in [0.25, 0.3) is 6.43 Å². The van der Waals surface area contributed by atoms with Crippen molar-refractivity contribution in [3.8, 4) is 17.0 Å².